The minimum atomic E-state index is -1.10. The molecule has 76 valence electrons. The van der Waals surface area contributed by atoms with Gasteiger partial charge in [-0.25, -0.2) is 0 Å². The molecule has 2 N–H and O–H groups in total. The Kier molecular flexibility index (Phi) is 3.75. The predicted molar refractivity (Wildman–Crippen MR) is 53.7 cm³/mol. The molecule has 0 amide bonds. The molecular weight excluding hydrogens is 227 g/mol. The topological polar surface area (TPSA) is 57.5 Å². The molecule has 0 aliphatic rings. The lowest BCUT2D eigenvalue weighted by Gasteiger charge is -2.10. The molecule has 0 saturated heterocycles. The Balaban J connectivity index is 2.90. The summed E-state index contributed by atoms with van der Waals surface area (Å²) < 4.78 is 0. The first-order valence-corrected chi connectivity index (χ1v) is 4.61. The molecule has 0 heterocycles. The molecular formula is C9H8Cl2O3. The van der Waals surface area contributed by atoms with Crippen molar-refractivity contribution in [2.24, 2.45) is 0 Å². The van der Waals surface area contributed by atoms with Gasteiger partial charge in [-0.3, -0.25) is 4.79 Å². The van der Waals surface area contributed by atoms with Crippen molar-refractivity contribution in [2.75, 3.05) is 0 Å². The Hall–Kier alpha value is -0.770. The second-order valence-corrected chi connectivity index (χ2v) is 3.62. The van der Waals surface area contributed by atoms with Crippen molar-refractivity contribution in [1.29, 1.82) is 0 Å². The van der Waals surface area contributed by atoms with E-state index in [1.165, 1.54) is 12.1 Å². The van der Waals surface area contributed by atoms with Crippen LogP contribution in [0.2, 0.25) is 10.0 Å². The third kappa shape index (κ3) is 2.87. The number of hydrogen-bond acceptors (Lipinski definition) is 2. The minimum absolute atomic E-state index is 0.270. The van der Waals surface area contributed by atoms with E-state index in [2.05, 4.69) is 0 Å². The fraction of sp³-hybridized carbons (Fsp3) is 0.222. The molecule has 0 aliphatic carbocycles. The van der Waals surface area contributed by atoms with Crippen molar-refractivity contribution >= 4 is 29.2 Å². The number of carboxylic acid groups (broad SMARTS) is 1. The van der Waals surface area contributed by atoms with Crippen LogP contribution in [0.15, 0.2) is 18.2 Å². The van der Waals surface area contributed by atoms with Crippen LogP contribution in [0.3, 0.4) is 0 Å². The zero-order chi connectivity index (χ0) is 10.7. The summed E-state index contributed by atoms with van der Waals surface area (Å²) in [5, 5.41) is 18.6. The predicted octanol–water partition coefficient (Wildman–Crippen LogP) is 2.50. The third-order valence-electron chi connectivity index (χ3n) is 1.69. The van der Waals surface area contributed by atoms with Crippen molar-refractivity contribution in [3.8, 4) is 0 Å². The van der Waals surface area contributed by atoms with E-state index < -0.39 is 12.1 Å². The Morgan fingerprint density at radius 3 is 2.57 bits per heavy atom. The van der Waals surface area contributed by atoms with Gasteiger partial charge in [0.15, 0.2) is 0 Å². The van der Waals surface area contributed by atoms with Gasteiger partial charge in [0.1, 0.15) is 0 Å². The second-order valence-electron chi connectivity index (χ2n) is 2.78. The molecule has 14 heavy (non-hydrogen) atoms. The molecule has 1 aromatic rings. The first-order valence-electron chi connectivity index (χ1n) is 3.85. The highest BCUT2D eigenvalue weighted by Crippen LogP contribution is 2.27. The van der Waals surface area contributed by atoms with Crippen LogP contribution in [0.4, 0.5) is 0 Å². The van der Waals surface area contributed by atoms with Crippen molar-refractivity contribution < 1.29 is 15.0 Å². The third-order valence-corrected chi connectivity index (χ3v) is 2.25. The van der Waals surface area contributed by atoms with Gasteiger partial charge in [0.25, 0.3) is 0 Å². The molecule has 0 unspecified atom stereocenters. The van der Waals surface area contributed by atoms with Crippen LogP contribution in [0.25, 0.3) is 0 Å². The van der Waals surface area contributed by atoms with Gasteiger partial charge in [-0.1, -0.05) is 29.3 Å². The lowest BCUT2D eigenvalue weighted by molar-refractivity contribution is -0.139. The Morgan fingerprint density at radius 1 is 1.43 bits per heavy atom. The van der Waals surface area contributed by atoms with Gasteiger partial charge >= 0.3 is 5.97 Å². The molecule has 0 saturated carbocycles. The van der Waals surface area contributed by atoms with Crippen LogP contribution in [0, 0.1) is 0 Å². The number of rotatable bonds is 3. The standard InChI is InChI=1S/C9H8Cl2O3/c10-5-1-2-6(7(11)3-5)8(12)4-9(13)14/h1-3,8,12H,4H2,(H,13,14)/t8-/m0/s1. The zero-order valence-corrected chi connectivity index (χ0v) is 8.59. The summed E-state index contributed by atoms with van der Waals surface area (Å²) in [6.07, 6.45) is -1.47. The monoisotopic (exact) mass is 234 g/mol. The summed E-state index contributed by atoms with van der Waals surface area (Å²) in [7, 11) is 0. The highest BCUT2D eigenvalue weighted by molar-refractivity contribution is 6.35. The summed E-state index contributed by atoms with van der Waals surface area (Å²) >= 11 is 11.4. The first-order chi connectivity index (χ1) is 6.50. The molecule has 1 aromatic carbocycles. The normalized spacial score (nSPS) is 12.5. The van der Waals surface area contributed by atoms with Crippen LogP contribution < -0.4 is 0 Å². The van der Waals surface area contributed by atoms with E-state index in [0.29, 0.717) is 10.6 Å². The van der Waals surface area contributed by atoms with Gasteiger partial charge in [0.2, 0.25) is 0 Å². The van der Waals surface area contributed by atoms with Crippen LogP contribution in [-0.4, -0.2) is 16.2 Å². The van der Waals surface area contributed by atoms with Gasteiger partial charge < -0.3 is 10.2 Å². The van der Waals surface area contributed by atoms with Gasteiger partial charge in [0, 0.05) is 10.0 Å². The van der Waals surface area contributed by atoms with Crippen molar-refractivity contribution in [1.82, 2.24) is 0 Å². The number of aliphatic hydroxyl groups excluding tert-OH is 1. The quantitative estimate of drug-likeness (QED) is 0.846. The molecule has 1 rings (SSSR count). The summed E-state index contributed by atoms with van der Waals surface area (Å²) in [5.74, 6) is -1.08. The molecule has 5 heteroatoms. The Labute approximate surface area is 90.9 Å². The fourth-order valence-corrected chi connectivity index (χ4v) is 1.58. The molecule has 0 spiro atoms. The van der Waals surface area contributed by atoms with Crippen LogP contribution in [-0.2, 0) is 4.79 Å². The highest BCUT2D eigenvalue weighted by atomic mass is 35.5. The number of aliphatic carboxylic acids is 1. The zero-order valence-electron chi connectivity index (χ0n) is 7.08. The summed E-state index contributed by atoms with van der Waals surface area (Å²) in [4.78, 5) is 10.3. The Bertz CT molecular complexity index is 352. The second kappa shape index (κ2) is 4.64. The van der Waals surface area contributed by atoms with Crippen LogP contribution in [0.5, 0.6) is 0 Å². The van der Waals surface area contributed by atoms with Crippen molar-refractivity contribution in [3.63, 3.8) is 0 Å². The number of halogens is 2. The lowest BCUT2D eigenvalue weighted by atomic mass is 10.1. The molecule has 0 radical (unpaired) electrons. The number of aliphatic hydroxyl groups is 1. The van der Waals surface area contributed by atoms with E-state index in [9.17, 15) is 9.90 Å². The van der Waals surface area contributed by atoms with Gasteiger partial charge in [-0.15, -0.1) is 0 Å². The maximum Gasteiger partial charge on any atom is 0.306 e. The molecule has 0 aliphatic heterocycles. The number of benzene rings is 1. The molecule has 0 aromatic heterocycles. The average molecular weight is 235 g/mol. The maximum absolute atomic E-state index is 10.3. The summed E-state index contributed by atoms with van der Waals surface area (Å²) in [6, 6.07) is 4.52. The molecule has 3 nitrogen and oxygen atoms in total. The molecule has 0 fully saturated rings. The van der Waals surface area contributed by atoms with Crippen molar-refractivity contribution in [3.05, 3.63) is 33.8 Å². The van der Waals surface area contributed by atoms with E-state index in [1.807, 2.05) is 0 Å². The minimum Gasteiger partial charge on any atom is -0.481 e. The fourth-order valence-electron chi connectivity index (χ4n) is 1.05. The van der Waals surface area contributed by atoms with Gasteiger partial charge in [-0.2, -0.15) is 0 Å². The van der Waals surface area contributed by atoms with E-state index in [-0.39, 0.29) is 11.4 Å². The van der Waals surface area contributed by atoms with E-state index in [1.54, 1.807) is 6.07 Å². The SMILES string of the molecule is O=C(O)C[C@H](O)c1ccc(Cl)cc1Cl. The van der Waals surface area contributed by atoms with E-state index in [0.717, 1.165) is 0 Å². The van der Waals surface area contributed by atoms with Crippen LogP contribution >= 0.6 is 23.2 Å². The Morgan fingerprint density at radius 2 is 2.07 bits per heavy atom. The number of hydrogen-bond donors (Lipinski definition) is 2. The lowest BCUT2D eigenvalue weighted by Crippen LogP contribution is -2.05. The number of carboxylic acids is 1. The summed E-state index contributed by atoms with van der Waals surface area (Å²) in [5.41, 5.74) is 0.374. The van der Waals surface area contributed by atoms with E-state index in [4.69, 9.17) is 28.3 Å². The van der Waals surface area contributed by atoms with Gasteiger partial charge in [-0.05, 0) is 17.7 Å². The first kappa shape index (κ1) is 11.3. The summed E-state index contributed by atoms with van der Waals surface area (Å²) in [6.45, 7) is 0. The van der Waals surface area contributed by atoms with Crippen LogP contribution in [0.1, 0.15) is 18.1 Å². The van der Waals surface area contributed by atoms with E-state index >= 15 is 0 Å². The highest BCUT2D eigenvalue weighted by Gasteiger charge is 2.15. The average Bonchev–Trinajstić information content (AvgIpc) is 2.01. The largest absolute Gasteiger partial charge is 0.481 e. The smallest absolute Gasteiger partial charge is 0.306 e. The maximum atomic E-state index is 10.3. The molecule has 0 bridgehead atoms. The molecule has 1 atom stereocenters. The number of carbonyl (C=O) groups is 1. The van der Waals surface area contributed by atoms with Gasteiger partial charge in [0.05, 0.1) is 12.5 Å². The van der Waals surface area contributed by atoms with Crippen molar-refractivity contribution in [2.45, 2.75) is 12.5 Å².